The number of hydrogen-bond acceptors (Lipinski definition) is 3. The van der Waals surface area contributed by atoms with Gasteiger partial charge in [0.25, 0.3) is 0 Å². The van der Waals surface area contributed by atoms with E-state index in [0.717, 1.165) is 6.54 Å². The van der Waals surface area contributed by atoms with E-state index < -0.39 is 6.16 Å². The van der Waals surface area contributed by atoms with Crippen molar-refractivity contribution in [3.63, 3.8) is 0 Å². The van der Waals surface area contributed by atoms with Crippen molar-refractivity contribution in [2.45, 2.75) is 13.5 Å². The average molecular weight is 201 g/mol. The average Bonchev–Trinajstić information content (AvgIpc) is 2.64. The first-order chi connectivity index (χ1) is 6.63. The Morgan fingerprint density at radius 3 is 2.14 bits per heavy atom. The van der Waals surface area contributed by atoms with Crippen LogP contribution < -0.4 is 4.57 Å². The van der Waals surface area contributed by atoms with E-state index in [1.165, 1.54) is 14.2 Å². The lowest BCUT2D eigenvalue weighted by atomic mass is 10.7. The predicted molar refractivity (Wildman–Crippen MR) is 50.7 cm³/mol. The fourth-order valence-corrected chi connectivity index (χ4v) is 0.772. The number of rotatable bonds is 1. The first-order valence-electron chi connectivity index (χ1n) is 4.27. The highest BCUT2D eigenvalue weighted by Crippen LogP contribution is 1.74. The molecule has 0 aliphatic carbocycles. The van der Waals surface area contributed by atoms with Gasteiger partial charge in [-0.1, -0.05) is 0 Å². The summed E-state index contributed by atoms with van der Waals surface area (Å²) >= 11 is 0. The van der Waals surface area contributed by atoms with E-state index in [1.54, 1.807) is 0 Å². The zero-order valence-electron chi connectivity index (χ0n) is 9.06. The van der Waals surface area contributed by atoms with Gasteiger partial charge in [0, 0.05) is 0 Å². The molecule has 0 N–H and O–H groups in total. The Morgan fingerprint density at radius 2 is 2.00 bits per heavy atom. The molecule has 0 amide bonds. The van der Waals surface area contributed by atoms with Gasteiger partial charge in [-0.3, -0.25) is 0 Å². The van der Waals surface area contributed by atoms with Crippen molar-refractivity contribution in [2.75, 3.05) is 14.2 Å². The molecule has 0 aliphatic heterocycles. The van der Waals surface area contributed by atoms with Gasteiger partial charge in [0.05, 0.1) is 27.8 Å². The molecule has 1 aromatic heterocycles. The molecule has 14 heavy (non-hydrogen) atoms. The maximum atomic E-state index is 9.74. The van der Waals surface area contributed by atoms with Gasteiger partial charge in [0.2, 0.25) is 6.33 Å². The molecular weight excluding hydrogens is 184 g/mol. The van der Waals surface area contributed by atoms with Gasteiger partial charge in [0.15, 0.2) is 0 Å². The Morgan fingerprint density at radius 1 is 1.43 bits per heavy atom. The van der Waals surface area contributed by atoms with Gasteiger partial charge in [-0.2, -0.15) is 0 Å². The van der Waals surface area contributed by atoms with Gasteiger partial charge >= 0.3 is 6.16 Å². The standard InChI is InChI=1S/C6H11N2.C3H6O3/c1-3-8-5-4-7(2)6-8;1-5-3(4)6-2/h4-6H,3H2,1-2H3;1-2H3/q+1;. The van der Waals surface area contributed by atoms with Crippen LogP contribution >= 0.6 is 0 Å². The van der Waals surface area contributed by atoms with Crippen molar-refractivity contribution >= 4 is 6.16 Å². The van der Waals surface area contributed by atoms with Crippen LogP contribution in [0.25, 0.3) is 0 Å². The van der Waals surface area contributed by atoms with Crippen LogP contribution in [0, 0.1) is 0 Å². The van der Waals surface area contributed by atoms with E-state index in [9.17, 15) is 4.79 Å². The highest BCUT2D eigenvalue weighted by molar-refractivity contribution is 5.59. The first kappa shape index (κ1) is 12.5. The lowest BCUT2D eigenvalue weighted by molar-refractivity contribution is -0.693. The number of aromatic nitrogens is 2. The van der Waals surface area contributed by atoms with Crippen molar-refractivity contribution in [1.82, 2.24) is 4.57 Å². The lowest BCUT2D eigenvalue weighted by Crippen LogP contribution is -2.28. The third-order valence-corrected chi connectivity index (χ3v) is 1.52. The van der Waals surface area contributed by atoms with Crippen LogP contribution in [0.3, 0.4) is 0 Å². The Labute approximate surface area is 83.9 Å². The van der Waals surface area contributed by atoms with Crippen LogP contribution in [-0.4, -0.2) is 24.9 Å². The molecule has 0 unspecified atom stereocenters. The molecule has 1 rings (SSSR count). The molecule has 0 radical (unpaired) electrons. The summed E-state index contributed by atoms with van der Waals surface area (Å²) in [5, 5.41) is 0. The summed E-state index contributed by atoms with van der Waals surface area (Å²) in [6.45, 7) is 3.18. The molecule has 0 bridgehead atoms. The zero-order chi connectivity index (χ0) is 11.0. The summed E-state index contributed by atoms with van der Waals surface area (Å²) in [7, 11) is 4.53. The van der Waals surface area contributed by atoms with Crippen molar-refractivity contribution in [3.8, 4) is 0 Å². The topological polar surface area (TPSA) is 44.3 Å². The minimum absolute atomic E-state index is 0.657. The second-order valence-electron chi connectivity index (χ2n) is 2.57. The molecule has 0 atom stereocenters. The van der Waals surface area contributed by atoms with Crippen LogP contribution in [0.5, 0.6) is 0 Å². The van der Waals surface area contributed by atoms with Gasteiger partial charge in [-0.25, -0.2) is 13.9 Å². The zero-order valence-corrected chi connectivity index (χ0v) is 9.06. The third kappa shape index (κ3) is 5.18. The number of methoxy groups -OCH3 is 2. The summed E-state index contributed by atoms with van der Waals surface area (Å²) in [6, 6.07) is 0. The first-order valence-corrected chi connectivity index (χ1v) is 4.27. The van der Waals surface area contributed by atoms with Crippen LogP contribution in [0.4, 0.5) is 4.79 Å². The molecule has 0 aliphatic rings. The summed E-state index contributed by atoms with van der Waals surface area (Å²) in [6.07, 6.45) is 5.48. The molecule has 80 valence electrons. The van der Waals surface area contributed by atoms with Crippen LogP contribution in [-0.2, 0) is 23.1 Å². The van der Waals surface area contributed by atoms with Gasteiger partial charge in [0.1, 0.15) is 12.4 Å². The number of imidazole rings is 1. The van der Waals surface area contributed by atoms with Crippen molar-refractivity contribution < 1.29 is 18.8 Å². The molecule has 5 nitrogen and oxygen atoms in total. The van der Waals surface area contributed by atoms with E-state index in [2.05, 4.69) is 33.5 Å². The molecule has 1 aromatic rings. The molecule has 5 heteroatoms. The SMILES string of the molecule is CC[n+]1ccn(C)c1.COC(=O)OC. The largest absolute Gasteiger partial charge is 0.507 e. The monoisotopic (exact) mass is 201 g/mol. The molecule has 0 fully saturated rings. The number of carbonyl (C=O) groups excluding carboxylic acids is 1. The highest BCUT2D eigenvalue weighted by Gasteiger charge is 1.92. The number of nitrogens with zero attached hydrogens (tertiary/aromatic N) is 2. The second kappa shape index (κ2) is 6.94. The smallest absolute Gasteiger partial charge is 0.438 e. The quantitative estimate of drug-likeness (QED) is 0.497. The number of aryl methyl sites for hydroxylation is 2. The van der Waals surface area contributed by atoms with E-state index in [0.29, 0.717) is 0 Å². The number of ether oxygens (including phenoxy) is 2. The summed E-state index contributed by atoms with van der Waals surface area (Å²) < 4.78 is 12.2. The molecule has 0 aromatic carbocycles. The van der Waals surface area contributed by atoms with E-state index in [1.807, 2.05) is 17.8 Å². The minimum atomic E-state index is -0.657. The van der Waals surface area contributed by atoms with E-state index >= 15 is 0 Å². The fraction of sp³-hybridized carbons (Fsp3) is 0.556. The predicted octanol–water partition coefficient (Wildman–Crippen LogP) is 0.732. The molecular formula is C9H17N2O3+. The Kier molecular flexibility index (Phi) is 6.19. The number of hydrogen-bond donors (Lipinski definition) is 0. The third-order valence-electron chi connectivity index (χ3n) is 1.52. The van der Waals surface area contributed by atoms with Crippen molar-refractivity contribution in [2.24, 2.45) is 7.05 Å². The van der Waals surface area contributed by atoms with Crippen molar-refractivity contribution in [1.29, 1.82) is 0 Å². The Balaban J connectivity index is 0.000000255. The minimum Gasteiger partial charge on any atom is -0.438 e. The lowest BCUT2D eigenvalue weighted by Gasteiger charge is -1.89. The van der Waals surface area contributed by atoms with Crippen molar-refractivity contribution in [3.05, 3.63) is 18.7 Å². The Bertz CT molecular complexity index is 265. The summed E-state index contributed by atoms with van der Waals surface area (Å²) in [4.78, 5) is 9.74. The summed E-state index contributed by atoms with van der Waals surface area (Å²) in [5.74, 6) is 0. The van der Waals surface area contributed by atoms with E-state index in [4.69, 9.17) is 0 Å². The molecule has 0 spiro atoms. The normalized spacial score (nSPS) is 8.57. The maximum Gasteiger partial charge on any atom is 0.507 e. The van der Waals surface area contributed by atoms with Crippen LogP contribution in [0.1, 0.15) is 6.92 Å². The molecule has 0 saturated heterocycles. The molecule has 0 saturated carbocycles. The van der Waals surface area contributed by atoms with Gasteiger partial charge in [-0.05, 0) is 6.92 Å². The van der Waals surface area contributed by atoms with Gasteiger partial charge < -0.3 is 9.47 Å². The van der Waals surface area contributed by atoms with Crippen LogP contribution in [0.15, 0.2) is 18.7 Å². The fourth-order valence-electron chi connectivity index (χ4n) is 0.772. The maximum absolute atomic E-state index is 9.74. The van der Waals surface area contributed by atoms with Crippen LogP contribution in [0.2, 0.25) is 0 Å². The highest BCUT2D eigenvalue weighted by atomic mass is 16.7. The van der Waals surface area contributed by atoms with Gasteiger partial charge in [-0.15, -0.1) is 0 Å². The van der Waals surface area contributed by atoms with E-state index in [-0.39, 0.29) is 0 Å². The Hall–Kier alpha value is -1.52. The number of carbonyl (C=O) groups is 1. The second-order valence-corrected chi connectivity index (χ2v) is 2.57. The summed E-state index contributed by atoms with van der Waals surface area (Å²) in [5.41, 5.74) is 0. The molecule has 1 heterocycles.